The summed E-state index contributed by atoms with van der Waals surface area (Å²) in [5.41, 5.74) is 8.25. The lowest BCUT2D eigenvalue weighted by molar-refractivity contribution is 0.318. The van der Waals surface area contributed by atoms with Crippen molar-refractivity contribution in [1.29, 1.82) is 0 Å². The molecule has 1 aromatic carbocycles. The highest BCUT2D eigenvalue weighted by Crippen LogP contribution is 2.27. The van der Waals surface area contributed by atoms with Crippen LogP contribution in [0.3, 0.4) is 0 Å². The van der Waals surface area contributed by atoms with E-state index in [-0.39, 0.29) is 5.84 Å². The predicted molar refractivity (Wildman–Crippen MR) is 77.2 cm³/mol. The van der Waals surface area contributed by atoms with E-state index in [0.29, 0.717) is 5.56 Å². The molecule has 2 aromatic rings. The number of nitrogens with zero attached hydrogens (tertiary/aromatic N) is 3. The molecule has 2 rings (SSSR count). The van der Waals surface area contributed by atoms with Crippen LogP contribution < -0.4 is 5.73 Å². The zero-order valence-electron chi connectivity index (χ0n) is 10.9. The lowest BCUT2D eigenvalue weighted by atomic mass is 10.1. The smallest absolute Gasteiger partial charge is 0.173 e. The third-order valence-electron chi connectivity index (χ3n) is 2.64. The number of hydrogen-bond acceptors (Lipinski definition) is 4. The molecule has 0 spiro atoms. The average molecular weight is 276 g/mol. The van der Waals surface area contributed by atoms with Crippen molar-refractivity contribution in [2.24, 2.45) is 10.9 Å². The standard InChI is InChI=1S/C13H16N4OS/c1-3-19-11-6-4-5-10(12(11)13(14)16-18)17-8-7-9(2)15-17/h4-8,18H,3H2,1-2H3,(H2,14,16). The van der Waals surface area contributed by atoms with Gasteiger partial charge in [0.25, 0.3) is 0 Å². The van der Waals surface area contributed by atoms with Crippen molar-refractivity contribution in [3.05, 3.63) is 41.7 Å². The molecule has 19 heavy (non-hydrogen) atoms. The Bertz CT molecular complexity index is 606. The summed E-state index contributed by atoms with van der Waals surface area (Å²) >= 11 is 1.65. The molecule has 6 heteroatoms. The van der Waals surface area contributed by atoms with Gasteiger partial charge in [-0.15, -0.1) is 11.8 Å². The van der Waals surface area contributed by atoms with Crippen LogP contribution in [0.4, 0.5) is 0 Å². The molecule has 1 aromatic heterocycles. The first-order valence-electron chi connectivity index (χ1n) is 5.93. The second kappa shape index (κ2) is 5.79. The van der Waals surface area contributed by atoms with E-state index < -0.39 is 0 Å². The van der Waals surface area contributed by atoms with Crippen molar-refractivity contribution in [3.8, 4) is 5.69 Å². The van der Waals surface area contributed by atoms with Gasteiger partial charge in [-0.25, -0.2) is 4.68 Å². The van der Waals surface area contributed by atoms with Crippen LogP contribution in [0.15, 0.2) is 40.5 Å². The van der Waals surface area contributed by atoms with Gasteiger partial charge in [0, 0.05) is 11.1 Å². The van der Waals surface area contributed by atoms with Crippen molar-refractivity contribution in [3.63, 3.8) is 0 Å². The minimum absolute atomic E-state index is 0.0969. The zero-order valence-corrected chi connectivity index (χ0v) is 11.7. The Hall–Kier alpha value is -1.95. The molecular formula is C13H16N4OS. The van der Waals surface area contributed by atoms with Crippen LogP contribution in [0.25, 0.3) is 5.69 Å². The fraction of sp³-hybridized carbons (Fsp3) is 0.231. The average Bonchev–Trinajstić information content (AvgIpc) is 2.84. The second-order valence-electron chi connectivity index (χ2n) is 3.97. The summed E-state index contributed by atoms with van der Waals surface area (Å²) in [6.45, 7) is 3.98. The van der Waals surface area contributed by atoms with E-state index in [1.54, 1.807) is 16.4 Å². The quantitative estimate of drug-likeness (QED) is 0.295. The van der Waals surface area contributed by atoms with Gasteiger partial charge in [0.1, 0.15) is 0 Å². The SMILES string of the molecule is CCSc1cccc(-n2ccc(C)n2)c1/C(N)=N/O. The number of aryl methyl sites for hydroxylation is 1. The van der Waals surface area contributed by atoms with Crippen LogP contribution in [-0.4, -0.2) is 26.6 Å². The van der Waals surface area contributed by atoms with Crippen LogP contribution in [-0.2, 0) is 0 Å². The van der Waals surface area contributed by atoms with Crippen molar-refractivity contribution in [2.45, 2.75) is 18.7 Å². The van der Waals surface area contributed by atoms with Crippen molar-refractivity contribution < 1.29 is 5.21 Å². The summed E-state index contributed by atoms with van der Waals surface area (Å²) in [6.07, 6.45) is 1.86. The van der Waals surface area contributed by atoms with Crippen molar-refractivity contribution in [1.82, 2.24) is 9.78 Å². The third kappa shape index (κ3) is 2.73. The zero-order chi connectivity index (χ0) is 13.8. The highest BCUT2D eigenvalue weighted by Gasteiger charge is 2.14. The Morgan fingerprint density at radius 3 is 2.84 bits per heavy atom. The van der Waals surface area contributed by atoms with E-state index in [4.69, 9.17) is 10.9 Å². The van der Waals surface area contributed by atoms with E-state index in [1.807, 2.05) is 37.4 Å². The fourth-order valence-electron chi connectivity index (χ4n) is 1.84. The van der Waals surface area contributed by atoms with Crippen LogP contribution >= 0.6 is 11.8 Å². The Balaban J connectivity index is 2.63. The van der Waals surface area contributed by atoms with Crippen LogP contribution in [0.5, 0.6) is 0 Å². The van der Waals surface area contributed by atoms with Crippen LogP contribution in [0.2, 0.25) is 0 Å². The van der Waals surface area contributed by atoms with Crippen molar-refractivity contribution >= 4 is 17.6 Å². The molecule has 3 N–H and O–H groups in total. The minimum Gasteiger partial charge on any atom is -0.409 e. The number of thioether (sulfide) groups is 1. The molecule has 1 heterocycles. The Morgan fingerprint density at radius 2 is 2.26 bits per heavy atom. The first kappa shape index (κ1) is 13.5. The van der Waals surface area contributed by atoms with Gasteiger partial charge in [0.05, 0.1) is 16.9 Å². The maximum absolute atomic E-state index is 8.98. The molecule has 100 valence electrons. The van der Waals surface area contributed by atoms with Crippen molar-refractivity contribution in [2.75, 3.05) is 5.75 Å². The normalized spacial score (nSPS) is 11.8. The summed E-state index contributed by atoms with van der Waals surface area (Å²) in [4.78, 5) is 0.975. The highest BCUT2D eigenvalue weighted by molar-refractivity contribution is 7.99. The Morgan fingerprint density at radius 1 is 1.47 bits per heavy atom. The molecule has 0 bridgehead atoms. The van der Waals surface area contributed by atoms with Gasteiger partial charge in [-0.3, -0.25) is 0 Å². The maximum atomic E-state index is 8.98. The number of benzene rings is 1. The van der Waals surface area contributed by atoms with E-state index in [2.05, 4.69) is 17.2 Å². The van der Waals surface area contributed by atoms with Gasteiger partial charge >= 0.3 is 0 Å². The first-order valence-corrected chi connectivity index (χ1v) is 6.92. The van der Waals surface area contributed by atoms with Crippen LogP contribution in [0, 0.1) is 6.92 Å². The van der Waals surface area contributed by atoms with E-state index >= 15 is 0 Å². The lowest BCUT2D eigenvalue weighted by Crippen LogP contribution is -2.18. The lowest BCUT2D eigenvalue weighted by Gasteiger charge is -2.12. The third-order valence-corrected chi connectivity index (χ3v) is 3.58. The van der Waals surface area contributed by atoms with E-state index in [1.165, 1.54) is 0 Å². The topological polar surface area (TPSA) is 76.4 Å². The maximum Gasteiger partial charge on any atom is 0.173 e. The first-order chi connectivity index (χ1) is 9.17. The second-order valence-corrected chi connectivity index (χ2v) is 5.28. The molecule has 0 atom stereocenters. The molecule has 0 saturated heterocycles. The molecule has 0 aliphatic rings. The minimum atomic E-state index is 0.0969. The Kier molecular flexibility index (Phi) is 4.11. The monoisotopic (exact) mass is 276 g/mol. The summed E-state index contributed by atoms with van der Waals surface area (Å²) in [7, 11) is 0. The molecule has 0 aliphatic carbocycles. The van der Waals surface area contributed by atoms with E-state index in [9.17, 15) is 0 Å². The van der Waals surface area contributed by atoms with Gasteiger partial charge in [0.15, 0.2) is 5.84 Å². The molecule has 5 nitrogen and oxygen atoms in total. The summed E-state index contributed by atoms with van der Waals surface area (Å²) in [5, 5.41) is 16.5. The number of oxime groups is 1. The van der Waals surface area contributed by atoms with Gasteiger partial charge in [0.2, 0.25) is 0 Å². The van der Waals surface area contributed by atoms with E-state index in [0.717, 1.165) is 22.0 Å². The number of nitrogens with two attached hydrogens (primary N) is 1. The fourth-order valence-corrected chi connectivity index (χ4v) is 2.68. The molecular weight excluding hydrogens is 260 g/mol. The van der Waals surface area contributed by atoms with Gasteiger partial charge in [-0.2, -0.15) is 5.10 Å². The summed E-state index contributed by atoms with van der Waals surface area (Å²) in [5.74, 6) is 1.01. The molecule has 0 saturated carbocycles. The molecule has 0 radical (unpaired) electrons. The number of rotatable bonds is 4. The molecule has 0 fully saturated rings. The number of hydrogen-bond donors (Lipinski definition) is 2. The largest absolute Gasteiger partial charge is 0.409 e. The molecule has 0 unspecified atom stereocenters. The number of aromatic nitrogens is 2. The highest BCUT2D eigenvalue weighted by atomic mass is 32.2. The van der Waals surface area contributed by atoms with Crippen LogP contribution in [0.1, 0.15) is 18.2 Å². The van der Waals surface area contributed by atoms with Gasteiger partial charge < -0.3 is 10.9 Å². The molecule has 0 amide bonds. The predicted octanol–water partition coefficient (Wildman–Crippen LogP) is 2.39. The summed E-state index contributed by atoms with van der Waals surface area (Å²) in [6, 6.07) is 7.72. The number of amidine groups is 1. The van der Waals surface area contributed by atoms with Gasteiger partial charge in [-0.1, -0.05) is 18.1 Å². The Labute approximate surface area is 116 Å². The molecule has 0 aliphatic heterocycles. The van der Waals surface area contributed by atoms with Gasteiger partial charge in [-0.05, 0) is 30.9 Å². The summed E-state index contributed by atoms with van der Waals surface area (Å²) < 4.78 is 1.74.